The van der Waals surface area contributed by atoms with Crippen LogP contribution in [0.1, 0.15) is 16.1 Å². The molecule has 0 spiro atoms. The van der Waals surface area contributed by atoms with Gasteiger partial charge in [0.2, 0.25) is 0 Å². The van der Waals surface area contributed by atoms with Gasteiger partial charge in [0, 0.05) is 5.52 Å². The number of fused-ring (bicyclic) bond motifs is 3. The van der Waals surface area contributed by atoms with Crippen LogP contribution in [-0.2, 0) is 0 Å². The summed E-state index contributed by atoms with van der Waals surface area (Å²) in [4.78, 5) is 11.0. The third kappa shape index (κ3) is 1.16. The minimum Gasteiger partial charge on any atom is -0.307 e. The van der Waals surface area contributed by atoms with Crippen molar-refractivity contribution in [2.24, 2.45) is 0 Å². The third-order valence-electron chi connectivity index (χ3n) is 2.92. The minimum atomic E-state index is 0.699. The first-order chi connectivity index (χ1) is 7.79. The predicted octanol–water partition coefficient (Wildman–Crippen LogP) is 3.21. The van der Waals surface area contributed by atoms with Gasteiger partial charge in [-0.2, -0.15) is 0 Å². The standard InChI is InChI=1S/C14H11NO/c1-10-2-7-14-11(8-10)3-4-12-5-6-13(9-16)15(12)14/h2-9H,1H3. The highest BCUT2D eigenvalue weighted by Gasteiger charge is 2.04. The Morgan fingerprint density at radius 1 is 1.06 bits per heavy atom. The lowest BCUT2D eigenvalue weighted by molar-refractivity contribution is 0.111. The van der Waals surface area contributed by atoms with Crippen LogP contribution in [-0.4, -0.2) is 10.7 Å². The Balaban J connectivity index is 2.56. The number of aromatic nitrogens is 1. The fraction of sp³-hybridized carbons (Fsp3) is 0.0714. The van der Waals surface area contributed by atoms with Crippen LogP contribution in [0.2, 0.25) is 0 Å². The van der Waals surface area contributed by atoms with Gasteiger partial charge in [-0.15, -0.1) is 0 Å². The second kappa shape index (κ2) is 3.20. The zero-order chi connectivity index (χ0) is 11.1. The molecule has 0 atom stereocenters. The lowest BCUT2D eigenvalue weighted by Gasteiger charge is -2.05. The van der Waals surface area contributed by atoms with Crippen molar-refractivity contribution in [1.82, 2.24) is 4.40 Å². The first-order valence-electron chi connectivity index (χ1n) is 5.25. The summed E-state index contributed by atoms with van der Waals surface area (Å²) in [5, 5.41) is 1.16. The molecule has 0 bridgehead atoms. The Morgan fingerprint density at radius 3 is 2.69 bits per heavy atom. The maximum absolute atomic E-state index is 11.0. The monoisotopic (exact) mass is 209 g/mol. The van der Waals surface area contributed by atoms with E-state index < -0.39 is 0 Å². The molecule has 2 heterocycles. The van der Waals surface area contributed by atoms with Crippen molar-refractivity contribution in [3.8, 4) is 0 Å². The Labute approximate surface area is 93.1 Å². The van der Waals surface area contributed by atoms with E-state index >= 15 is 0 Å². The number of rotatable bonds is 1. The Hall–Kier alpha value is -2.09. The van der Waals surface area contributed by atoms with Gasteiger partial charge in [0.15, 0.2) is 6.29 Å². The first kappa shape index (κ1) is 9.16. The molecule has 3 aromatic rings. The van der Waals surface area contributed by atoms with E-state index in [1.165, 1.54) is 5.56 Å². The fourth-order valence-corrected chi connectivity index (χ4v) is 2.16. The van der Waals surface area contributed by atoms with Crippen LogP contribution in [0.5, 0.6) is 0 Å². The molecule has 78 valence electrons. The summed E-state index contributed by atoms with van der Waals surface area (Å²) in [6.07, 6.45) is 0.895. The summed E-state index contributed by atoms with van der Waals surface area (Å²) < 4.78 is 1.99. The summed E-state index contributed by atoms with van der Waals surface area (Å²) >= 11 is 0. The highest BCUT2D eigenvalue weighted by molar-refractivity contribution is 5.87. The molecule has 0 aliphatic rings. The predicted molar refractivity (Wildman–Crippen MR) is 65.0 cm³/mol. The van der Waals surface area contributed by atoms with Crippen molar-refractivity contribution >= 4 is 22.7 Å². The maximum Gasteiger partial charge on any atom is 0.166 e. The molecule has 3 rings (SSSR count). The summed E-state index contributed by atoms with van der Waals surface area (Å²) in [6.45, 7) is 2.07. The molecule has 2 nitrogen and oxygen atoms in total. The highest BCUT2D eigenvalue weighted by Crippen LogP contribution is 2.20. The zero-order valence-electron chi connectivity index (χ0n) is 8.97. The van der Waals surface area contributed by atoms with Crippen LogP contribution in [0.4, 0.5) is 0 Å². The summed E-state index contributed by atoms with van der Waals surface area (Å²) in [5.41, 5.74) is 4.06. The van der Waals surface area contributed by atoms with E-state index in [1.54, 1.807) is 0 Å². The Kier molecular flexibility index (Phi) is 1.83. The van der Waals surface area contributed by atoms with Crippen molar-refractivity contribution < 1.29 is 4.79 Å². The van der Waals surface area contributed by atoms with Gasteiger partial charge in [-0.25, -0.2) is 0 Å². The smallest absolute Gasteiger partial charge is 0.166 e. The number of hydrogen-bond acceptors (Lipinski definition) is 1. The molecule has 0 unspecified atom stereocenters. The molecular formula is C14H11NO. The largest absolute Gasteiger partial charge is 0.307 e. The van der Waals surface area contributed by atoms with Crippen LogP contribution in [0, 0.1) is 6.92 Å². The van der Waals surface area contributed by atoms with E-state index in [0.29, 0.717) is 5.69 Å². The number of carbonyl (C=O) groups is 1. The molecule has 0 fully saturated rings. The molecule has 0 N–H and O–H groups in total. The van der Waals surface area contributed by atoms with Gasteiger partial charge in [-0.05, 0) is 42.6 Å². The van der Waals surface area contributed by atoms with E-state index in [9.17, 15) is 4.79 Å². The SMILES string of the molecule is Cc1ccc2c(ccc3ccc(C=O)n32)c1. The molecule has 0 radical (unpaired) electrons. The number of benzene rings is 1. The van der Waals surface area contributed by atoms with E-state index in [1.807, 2.05) is 22.6 Å². The van der Waals surface area contributed by atoms with Gasteiger partial charge in [0.05, 0.1) is 11.2 Å². The fourth-order valence-electron chi connectivity index (χ4n) is 2.16. The number of hydrogen-bond donors (Lipinski definition) is 0. The van der Waals surface area contributed by atoms with Crippen LogP contribution in [0.15, 0.2) is 42.5 Å². The van der Waals surface area contributed by atoms with Crippen molar-refractivity contribution in [2.45, 2.75) is 6.92 Å². The van der Waals surface area contributed by atoms with Crippen LogP contribution >= 0.6 is 0 Å². The Morgan fingerprint density at radius 2 is 1.88 bits per heavy atom. The molecular weight excluding hydrogens is 198 g/mol. The number of aryl methyl sites for hydroxylation is 1. The highest BCUT2D eigenvalue weighted by atomic mass is 16.1. The average Bonchev–Trinajstić information content (AvgIpc) is 2.71. The minimum absolute atomic E-state index is 0.699. The van der Waals surface area contributed by atoms with Gasteiger partial charge < -0.3 is 4.40 Å². The molecule has 0 saturated carbocycles. The molecule has 0 amide bonds. The van der Waals surface area contributed by atoms with Gasteiger partial charge in [0.25, 0.3) is 0 Å². The lowest BCUT2D eigenvalue weighted by atomic mass is 10.1. The van der Waals surface area contributed by atoms with Crippen molar-refractivity contribution in [3.63, 3.8) is 0 Å². The molecule has 0 saturated heterocycles. The zero-order valence-corrected chi connectivity index (χ0v) is 8.97. The van der Waals surface area contributed by atoms with Gasteiger partial charge in [-0.3, -0.25) is 4.79 Å². The lowest BCUT2D eigenvalue weighted by Crippen LogP contribution is -1.93. The number of nitrogens with zero attached hydrogens (tertiary/aromatic N) is 1. The van der Waals surface area contributed by atoms with Crippen molar-refractivity contribution in [2.75, 3.05) is 0 Å². The quantitative estimate of drug-likeness (QED) is 0.564. The summed E-state index contributed by atoms with van der Waals surface area (Å²) in [5.74, 6) is 0. The molecule has 0 aliphatic heterocycles. The van der Waals surface area contributed by atoms with E-state index in [0.717, 1.165) is 22.7 Å². The molecule has 2 heteroatoms. The third-order valence-corrected chi connectivity index (χ3v) is 2.92. The molecule has 1 aromatic carbocycles. The van der Waals surface area contributed by atoms with Gasteiger partial charge >= 0.3 is 0 Å². The van der Waals surface area contributed by atoms with Crippen molar-refractivity contribution in [3.05, 3.63) is 53.7 Å². The second-order valence-corrected chi connectivity index (χ2v) is 4.03. The van der Waals surface area contributed by atoms with E-state index in [4.69, 9.17) is 0 Å². The second-order valence-electron chi connectivity index (χ2n) is 4.03. The topological polar surface area (TPSA) is 21.5 Å². The van der Waals surface area contributed by atoms with Gasteiger partial charge in [-0.1, -0.05) is 17.7 Å². The van der Waals surface area contributed by atoms with Crippen LogP contribution in [0.25, 0.3) is 16.4 Å². The summed E-state index contributed by atoms with van der Waals surface area (Å²) in [7, 11) is 0. The molecule has 0 aliphatic carbocycles. The van der Waals surface area contributed by atoms with Crippen LogP contribution in [0.3, 0.4) is 0 Å². The van der Waals surface area contributed by atoms with Crippen LogP contribution < -0.4 is 0 Å². The average molecular weight is 209 g/mol. The molecule has 2 aromatic heterocycles. The van der Waals surface area contributed by atoms with Gasteiger partial charge in [0.1, 0.15) is 0 Å². The number of pyridine rings is 1. The summed E-state index contributed by atoms with van der Waals surface area (Å²) in [6, 6.07) is 14.2. The number of aldehydes is 1. The first-order valence-corrected chi connectivity index (χ1v) is 5.25. The molecule has 16 heavy (non-hydrogen) atoms. The number of carbonyl (C=O) groups excluding carboxylic acids is 1. The van der Waals surface area contributed by atoms with Crippen molar-refractivity contribution in [1.29, 1.82) is 0 Å². The van der Waals surface area contributed by atoms with E-state index in [-0.39, 0.29) is 0 Å². The normalized spacial score (nSPS) is 11.1. The Bertz CT molecular complexity index is 694. The maximum atomic E-state index is 11.0. The van der Waals surface area contributed by atoms with E-state index in [2.05, 4.69) is 31.2 Å².